The minimum absolute atomic E-state index is 0.00272. The summed E-state index contributed by atoms with van der Waals surface area (Å²) >= 11 is 0. The molecule has 1 heterocycles. The summed E-state index contributed by atoms with van der Waals surface area (Å²) in [6, 6.07) is 0. The third-order valence-corrected chi connectivity index (χ3v) is 10.7. The predicted molar refractivity (Wildman–Crippen MR) is 147 cm³/mol. The molecule has 214 valence electrons. The minimum atomic E-state index is -1.72. The molecule has 0 aromatic carbocycles. The van der Waals surface area contributed by atoms with Crippen molar-refractivity contribution in [3.63, 3.8) is 0 Å². The third-order valence-electron chi connectivity index (χ3n) is 10.7. The quantitative estimate of drug-likeness (QED) is 0.247. The Morgan fingerprint density at radius 2 is 1.92 bits per heavy atom. The van der Waals surface area contributed by atoms with E-state index in [0.29, 0.717) is 24.3 Å². The molecule has 0 spiro atoms. The van der Waals surface area contributed by atoms with Crippen LogP contribution in [0.2, 0.25) is 0 Å². The van der Waals surface area contributed by atoms with E-state index in [-0.39, 0.29) is 41.2 Å². The number of cyclic esters (lactones) is 1. The Morgan fingerprint density at radius 3 is 2.58 bits per heavy atom. The molecule has 10 unspecified atom stereocenters. The summed E-state index contributed by atoms with van der Waals surface area (Å²) < 4.78 is 11.6. The zero-order chi connectivity index (χ0) is 28.0. The van der Waals surface area contributed by atoms with Crippen LogP contribution in [0.15, 0.2) is 23.8 Å². The van der Waals surface area contributed by atoms with Crippen molar-refractivity contribution in [3.8, 4) is 0 Å². The van der Waals surface area contributed by atoms with Gasteiger partial charge in [-0.15, -0.1) is 0 Å². The number of carbonyl (C=O) groups excluding carboxylic acids is 2. The largest absolute Gasteiger partial charge is 0.462 e. The fourth-order valence-corrected chi connectivity index (χ4v) is 8.65. The second-order valence-electron chi connectivity index (χ2n) is 13.5. The zero-order valence-electron chi connectivity index (χ0n) is 24.4. The molecule has 0 radical (unpaired) electrons. The number of hydrogen-bond acceptors (Lipinski definition) is 6. The molecule has 6 nitrogen and oxygen atoms in total. The molecule has 0 aromatic heterocycles. The van der Waals surface area contributed by atoms with Gasteiger partial charge >= 0.3 is 11.9 Å². The highest BCUT2D eigenvalue weighted by Gasteiger charge is 2.62. The Hall–Kier alpha value is -1.66. The number of carbonyl (C=O) groups is 2. The number of aliphatic hydroxyl groups excluding tert-OH is 1. The van der Waals surface area contributed by atoms with Gasteiger partial charge in [0.25, 0.3) is 0 Å². The van der Waals surface area contributed by atoms with Gasteiger partial charge in [0.1, 0.15) is 17.8 Å². The lowest BCUT2D eigenvalue weighted by molar-refractivity contribution is -0.209. The Balaban J connectivity index is 1.62. The fraction of sp³-hybridized carbons (Fsp3) is 0.812. The van der Waals surface area contributed by atoms with E-state index >= 15 is 0 Å². The first-order valence-electron chi connectivity index (χ1n) is 15.0. The smallest absolute Gasteiger partial charge is 0.338 e. The number of aliphatic hydroxyl groups is 2. The van der Waals surface area contributed by atoms with E-state index in [1.807, 2.05) is 0 Å². The van der Waals surface area contributed by atoms with Crippen LogP contribution in [0, 0.1) is 40.9 Å². The second-order valence-corrected chi connectivity index (χ2v) is 13.5. The molecule has 3 fully saturated rings. The number of fused-ring (bicyclic) bond motifs is 3. The van der Waals surface area contributed by atoms with Gasteiger partial charge in [-0.2, -0.15) is 0 Å². The second kappa shape index (κ2) is 11.1. The van der Waals surface area contributed by atoms with Crippen LogP contribution >= 0.6 is 0 Å². The lowest BCUT2D eigenvalue weighted by Gasteiger charge is -2.54. The molecule has 2 N–H and O–H groups in total. The molecule has 3 aliphatic carbocycles. The molecule has 0 bridgehead atoms. The van der Waals surface area contributed by atoms with E-state index in [0.717, 1.165) is 44.9 Å². The summed E-state index contributed by atoms with van der Waals surface area (Å²) in [6.07, 6.45) is 7.68. The average molecular weight is 531 g/mol. The first-order chi connectivity index (χ1) is 17.8. The highest BCUT2D eigenvalue weighted by molar-refractivity contribution is 5.78. The van der Waals surface area contributed by atoms with Crippen LogP contribution < -0.4 is 0 Å². The normalized spacial score (nSPS) is 44.2. The molecule has 4 aliphatic rings. The van der Waals surface area contributed by atoms with Crippen molar-refractivity contribution in [3.05, 3.63) is 23.8 Å². The maximum atomic E-state index is 12.8. The third kappa shape index (κ3) is 5.00. The van der Waals surface area contributed by atoms with Crippen molar-refractivity contribution < 1.29 is 29.3 Å². The van der Waals surface area contributed by atoms with Crippen molar-refractivity contribution in [1.29, 1.82) is 0 Å². The first-order valence-corrected chi connectivity index (χ1v) is 15.0. The van der Waals surface area contributed by atoms with Gasteiger partial charge in [0.2, 0.25) is 0 Å². The molecule has 1 saturated heterocycles. The summed E-state index contributed by atoms with van der Waals surface area (Å²) in [5.74, 6) is -0.381. The van der Waals surface area contributed by atoms with E-state index in [1.165, 1.54) is 5.57 Å². The van der Waals surface area contributed by atoms with Crippen molar-refractivity contribution in [2.75, 3.05) is 0 Å². The van der Waals surface area contributed by atoms with E-state index in [9.17, 15) is 19.8 Å². The highest BCUT2D eigenvalue weighted by Crippen LogP contribution is 2.63. The maximum absolute atomic E-state index is 12.8. The van der Waals surface area contributed by atoms with Crippen LogP contribution in [0.1, 0.15) is 99.3 Å². The van der Waals surface area contributed by atoms with Crippen LogP contribution in [0.5, 0.6) is 0 Å². The highest BCUT2D eigenvalue weighted by atomic mass is 16.6. The Bertz CT molecular complexity index is 954. The Labute approximate surface area is 229 Å². The van der Waals surface area contributed by atoms with Gasteiger partial charge in [-0.25, -0.2) is 4.79 Å². The van der Waals surface area contributed by atoms with Gasteiger partial charge in [0, 0.05) is 18.3 Å². The number of unbranched alkanes of at least 4 members (excludes halogenated alkanes) is 3. The summed E-state index contributed by atoms with van der Waals surface area (Å²) in [5.41, 5.74) is 0.113. The van der Waals surface area contributed by atoms with Crippen LogP contribution in [0.3, 0.4) is 0 Å². The molecule has 6 heteroatoms. The summed E-state index contributed by atoms with van der Waals surface area (Å²) in [6.45, 7) is 17.3. The lowest BCUT2D eigenvalue weighted by Crippen LogP contribution is -2.63. The number of rotatable bonds is 7. The van der Waals surface area contributed by atoms with Crippen molar-refractivity contribution in [2.24, 2.45) is 40.9 Å². The molecule has 4 rings (SSSR count). The van der Waals surface area contributed by atoms with E-state index < -0.39 is 29.7 Å². The summed E-state index contributed by atoms with van der Waals surface area (Å²) in [5, 5.41) is 23.0. The molecule has 38 heavy (non-hydrogen) atoms. The average Bonchev–Trinajstić information content (AvgIpc) is 3.13. The summed E-state index contributed by atoms with van der Waals surface area (Å²) in [7, 11) is 0. The monoisotopic (exact) mass is 530 g/mol. The van der Waals surface area contributed by atoms with Crippen molar-refractivity contribution >= 4 is 11.9 Å². The van der Waals surface area contributed by atoms with Gasteiger partial charge in [0.05, 0.1) is 0 Å². The standard InChI is InChI=1S/C32H50O6/c1-8-9-10-11-12-27(33)38-26-17-31(7)16-23-19(4)13-14-24-21(6)37-30(35)29(34)32(24,36)20(5)22(23)15-25(31)28(26)18(2)3/h13,18,21-26,28-29,34,36H,5,8-12,14-17H2,1-4,6-7H3/b19-13-. The van der Waals surface area contributed by atoms with E-state index in [4.69, 9.17) is 9.47 Å². The molecule has 1 aliphatic heterocycles. The van der Waals surface area contributed by atoms with E-state index in [1.54, 1.807) is 6.92 Å². The van der Waals surface area contributed by atoms with Gasteiger partial charge in [-0.1, -0.05) is 65.2 Å². The van der Waals surface area contributed by atoms with Crippen LogP contribution in [0.25, 0.3) is 0 Å². The fourth-order valence-electron chi connectivity index (χ4n) is 8.65. The molecular weight excluding hydrogens is 480 g/mol. The van der Waals surface area contributed by atoms with Gasteiger partial charge in [-0.3, -0.25) is 4.79 Å². The molecule has 0 aromatic rings. The van der Waals surface area contributed by atoms with Crippen LogP contribution in [-0.4, -0.2) is 46.1 Å². The van der Waals surface area contributed by atoms with Gasteiger partial charge in [-0.05, 0) is 80.6 Å². The van der Waals surface area contributed by atoms with Crippen molar-refractivity contribution in [1.82, 2.24) is 0 Å². The Morgan fingerprint density at radius 1 is 1.21 bits per heavy atom. The zero-order valence-corrected chi connectivity index (χ0v) is 24.4. The Kier molecular flexibility index (Phi) is 8.55. The molecule has 10 atom stereocenters. The number of esters is 2. The van der Waals surface area contributed by atoms with Crippen molar-refractivity contribution in [2.45, 2.75) is 123 Å². The summed E-state index contributed by atoms with van der Waals surface area (Å²) in [4.78, 5) is 25.4. The number of ether oxygens (including phenoxy) is 2. The van der Waals surface area contributed by atoms with E-state index in [2.05, 4.69) is 47.3 Å². The van der Waals surface area contributed by atoms with Gasteiger partial charge < -0.3 is 19.7 Å². The first kappa shape index (κ1) is 29.3. The van der Waals surface area contributed by atoms with Gasteiger partial charge in [0.15, 0.2) is 6.10 Å². The minimum Gasteiger partial charge on any atom is -0.462 e. The van der Waals surface area contributed by atoms with Crippen LogP contribution in [-0.2, 0) is 19.1 Å². The SMILES string of the molecule is C=C1C2CC3C(C(C)C)C(OC(=O)CCCCCC)CC3(C)CC2/C(C)=C\CC2C(C)OC(=O)C(O)C12O. The predicted octanol–water partition coefficient (Wildman–Crippen LogP) is 5.75. The number of hydrogen-bond donors (Lipinski definition) is 2. The lowest BCUT2D eigenvalue weighted by atomic mass is 9.53. The molecule has 0 amide bonds. The topological polar surface area (TPSA) is 93.1 Å². The van der Waals surface area contributed by atoms with Crippen LogP contribution in [0.4, 0.5) is 0 Å². The molecular formula is C32H50O6. The maximum Gasteiger partial charge on any atom is 0.338 e. The molecule has 2 saturated carbocycles. The number of allylic oxidation sites excluding steroid dienone is 2.